The Bertz CT molecular complexity index is 271. The van der Waals surface area contributed by atoms with Crippen molar-refractivity contribution in [2.75, 3.05) is 6.54 Å². The predicted molar refractivity (Wildman–Crippen MR) is 60.5 cm³/mol. The van der Waals surface area contributed by atoms with E-state index in [9.17, 15) is 5.11 Å². The van der Waals surface area contributed by atoms with Crippen LogP contribution in [0, 0.1) is 0 Å². The van der Waals surface area contributed by atoms with Gasteiger partial charge in [0.05, 0.1) is 12.6 Å². The summed E-state index contributed by atoms with van der Waals surface area (Å²) in [7, 11) is 0. The number of aliphatic hydroxyl groups excluding tert-OH is 1. The van der Waals surface area contributed by atoms with E-state index in [0.717, 1.165) is 38.3 Å². The van der Waals surface area contributed by atoms with E-state index in [1.807, 2.05) is 19.3 Å². The summed E-state index contributed by atoms with van der Waals surface area (Å²) in [4.78, 5) is 4.28. The lowest BCUT2D eigenvalue weighted by Crippen LogP contribution is -2.18. The lowest BCUT2D eigenvalue weighted by atomic mass is 10.3. The van der Waals surface area contributed by atoms with Crippen molar-refractivity contribution in [3.8, 4) is 0 Å². The number of hydrogen-bond acceptors (Lipinski definition) is 3. The van der Waals surface area contributed by atoms with Crippen molar-refractivity contribution in [3.05, 3.63) is 18.2 Å². The fourth-order valence-electron chi connectivity index (χ4n) is 1.41. The third kappa shape index (κ3) is 4.44. The van der Waals surface area contributed by atoms with E-state index < -0.39 is 0 Å². The third-order valence-electron chi connectivity index (χ3n) is 2.30. The molecule has 0 amide bonds. The maximum absolute atomic E-state index is 9.21. The Morgan fingerprint density at radius 2 is 2.40 bits per heavy atom. The molecular formula is C11H21N3O. The van der Waals surface area contributed by atoms with Gasteiger partial charge in [-0.1, -0.05) is 6.92 Å². The number of aliphatic hydroxyl groups is 1. The SMILES string of the molecule is CCCNCc1nccn1CCC(C)O. The molecule has 4 heteroatoms. The molecule has 0 bridgehead atoms. The molecule has 1 rings (SSSR count). The van der Waals surface area contributed by atoms with Crippen LogP contribution in [0.2, 0.25) is 0 Å². The number of hydrogen-bond donors (Lipinski definition) is 2. The van der Waals surface area contributed by atoms with Crippen molar-refractivity contribution in [2.24, 2.45) is 0 Å². The summed E-state index contributed by atoms with van der Waals surface area (Å²) >= 11 is 0. The van der Waals surface area contributed by atoms with Crippen LogP contribution in [0.3, 0.4) is 0 Å². The molecule has 0 fully saturated rings. The number of imidazole rings is 1. The first-order valence-corrected chi connectivity index (χ1v) is 5.62. The van der Waals surface area contributed by atoms with Crippen LogP contribution in [-0.4, -0.2) is 27.3 Å². The number of rotatable bonds is 7. The fraction of sp³-hybridized carbons (Fsp3) is 0.727. The first kappa shape index (κ1) is 12.2. The average Bonchev–Trinajstić information content (AvgIpc) is 2.63. The monoisotopic (exact) mass is 211 g/mol. The molecule has 0 aliphatic heterocycles. The Morgan fingerprint density at radius 1 is 1.60 bits per heavy atom. The average molecular weight is 211 g/mol. The summed E-state index contributed by atoms with van der Waals surface area (Å²) in [6, 6.07) is 0. The standard InChI is InChI=1S/C11H21N3O/c1-3-5-12-9-11-13-6-8-14(11)7-4-10(2)15/h6,8,10,12,15H,3-5,7,9H2,1-2H3. The molecule has 86 valence electrons. The van der Waals surface area contributed by atoms with Gasteiger partial charge in [0.25, 0.3) is 0 Å². The molecule has 0 saturated heterocycles. The maximum atomic E-state index is 9.21. The number of nitrogens with one attached hydrogen (secondary N) is 1. The molecule has 4 nitrogen and oxygen atoms in total. The topological polar surface area (TPSA) is 50.1 Å². The van der Waals surface area contributed by atoms with E-state index in [1.165, 1.54) is 0 Å². The Kier molecular flexibility index (Phi) is 5.36. The van der Waals surface area contributed by atoms with Crippen LogP contribution in [0.25, 0.3) is 0 Å². The molecule has 0 aliphatic carbocycles. The normalized spacial score (nSPS) is 13.0. The second-order valence-corrected chi connectivity index (χ2v) is 3.85. The molecule has 15 heavy (non-hydrogen) atoms. The van der Waals surface area contributed by atoms with Crippen LogP contribution in [0.5, 0.6) is 0 Å². The number of aromatic nitrogens is 2. The van der Waals surface area contributed by atoms with Crippen molar-refractivity contribution in [1.82, 2.24) is 14.9 Å². The first-order valence-electron chi connectivity index (χ1n) is 5.62. The smallest absolute Gasteiger partial charge is 0.122 e. The van der Waals surface area contributed by atoms with Crippen molar-refractivity contribution in [1.29, 1.82) is 0 Å². The van der Waals surface area contributed by atoms with Gasteiger partial charge in [-0.15, -0.1) is 0 Å². The molecule has 0 saturated carbocycles. The molecular weight excluding hydrogens is 190 g/mol. The molecule has 1 heterocycles. The summed E-state index contributed by atoms with van der Waals surface area (Å²) in [5.41, 5.74) is 0. The molecule has 0 spiro atoms. The second-order valence-electron chi connectivity index (χ2n) is 3.85. The van der Waals surface area contributed by atoms with Crippen LogP contribution in [0.4, 0.5) is 0 Å². The Balaban J connectivity index is 2.39. The van der Waals surface area contributed by atoms with E-state index in [1.54, 1.807) is 0 Å². The highest BCUT2D eigenvalue weighted by Gasteiger charge is 2.03. The molecule has 2 N–H and O–H groups in total. The molecule has 1 aromatic heterocycles. The zero-order valence-corrected chi connectivity index (χ0v) is 9.61. The highest BCUT2D eigenvalue weighted by molar-refractivity contribution is 4.91. The van der Waals surface area contributed by atoms with Gasteiger partial charge in [0.2, 0.25) is 0 Å². The molecule has 0 radical (unpaired) electrons. The largest absolute Gasteiger partial charge is 0.393 e. The fourth-order valence-corrected chi connectivity index (χ4v) is 1.41. The van der Waals surface area contributed by atoms with Crippen LogP contribution in [0.15, 0.2) is 12.4 Å². The van der Waals surface area contributed by atoms with Crippen LogP contribution < -0.4 is 5.32 Å². The van der Waals surface area contributed by atoms with E-state index in [2.05, 4.69) is 21.8 Å². The van der Waals surface area contributed by atoms with Gasteiger partial charge in [-0.05, 0) is 26.3 Å². The van der Waals surface area contributed by atoms with E-state index in [4.69, 9.17) is 0 Å². The quantitative estimate of drug-likeness (QED) is 0.665. The Hall–Kier alpha value is -0.870. The zero-order valence-electron chi connectivity index (χ0n) is 9.61. The first-order chi connectivity index (χ1) is 7.24. The molecule has 0 aliphatic rings. The van der Waals surface area contributed by atoms with Gasteiger partial charge in [-0.25, -0.2) is 4.98 Å². The van der Waals surface area contributed by atoms with Gasteiger partial charge in [0, 0.05) is 18.9 Å². The van der Waals surface area contributed by atoms with Gasteiger partial charge in [-0.3, -0.25) is 0 Å². The van der Waals surface area contributed by atoms with Gasteiger partial charge in [0.1, 0.15) is 5.82 Å². The zero-order chi connectivity index (χ0) is 11.1. The Morgan fingerprint density at radius 3 is 3.07 bits per heavy atom. The number of aryl methyl sites for hydroxylation is 1. The minimum absolute atomic E-state index is 0.246. The second kappa shape index (κ2) is 6.58. The summed E-state index contributed by atoms with van der Waals surface area (Å²) in [6.45, 7) is 6.61. The van der Waals surface area contributed by atoms with Crippen LogP contribution >= 0.6 is 0 Å². The van der Waals surface area contributed by atoms with E-state index in [0.29, 0.717) is 0 Å². The molecule has 1 atom stereocenters. The molecule has 0 aromatic carbocycles. The minimum atomic E-state index is -0.246. The third-order valence-corrected chi connectivity index (χ3v) is 2.30. The predicted octanol–water partition coefficient (Wildman–Crippen LogP) is 1.15. The van der Waals surface area contributed by atoms with Crippen LogP contribution in [0.1, 0.15) is 32.5 Å². The van der Waals surface area contributed by atoms with Crippen LogP contribution in [-0.2, 0) is 13.1 Å². The lowest BCUT2D eigenvalue weighted by molar-refractivity contribution is 0.177. The van der Waals surface area contributed by atoms with E-state index in [-0.39, 0.29) is 6.10 Å². The molecule has 1 unspecified atom stereocenters. The van der Waals surface area contributed by atoms with Crippen molar-refractivity contribution >= 4 is 0 Å². The highest BCUT2D eigenvalue weighted by atomic mass is 16.3. The highest BCUT2D eigenvalue weighted by Crippen LogP contribution is 2.01. The van der Waals surface area contributed by atoms with Crippen molar-refractivity contribution < 1.29 is 5.11 Å². The minimum Gasteiger partial charge on any atom is -0.393 e. The van der Waals surface area contributed by atoms with Gasteiger partial charge in [-0.2, -0.15) is 0 Å². The number of nitrogens with zero attached hydrogens (tertiary/aromatic N) is 2. The Labute approximate surface area is 91.3 Å². The van der Waals surface area contributed by atoms with Crippen molar-refractivity contribution in [3.63, 3.8) is 0 Å². The van der Waals surface area contributed by atoms with E-state index >= 15 is 0 Å². The van der Waals surface area contributed by atoms with Crippen molar-refractivity contribution in [2.45, 2.75) is 45.9 Å². The summed E-state index contributed by atoms with van der Waals surface area (Å²) in [6.07, 6.45) is 5.44. The van der Waals surface area contributed by atoms with Gasteiger partial charge < -0.3 is 15.0 Å². The maximum Gasteiger partial charge on any atom is 0.122 e. The van der Waals surface area contributed by atoms with Gasteiger partial charge in [0.15, 0.2) is 0 Å². The summed E-state index contributed by atoms with van der Waals surface area (Å²) in [5, 5.41) is 12.5. The van der Waals surface area contributed by atoms with Gasteiger partial charge >= 0.3 is 0 Å². The lowest BCUT2D eigenvalue weighted by Gasteiger charge is -2.09. The summed E-state index contributed by atoms with van der Waals surface area (Å²) < 4.78 is 2.09. The molecule has 1 aromatic rings. The summed E-state index contributed by atoms with van der Waals surface area (Å²) in [5.74, 6) is 1.05.